The first-order chi connectivity index (χ1) is 9.65. The maximum Gasteiger partial charge on any atom is 0.274 e. The third kappa shape index (κ3) is 4.83. The third-order valence-corrected chi connectivity index (χ3v) is 4.57. The van der Waals surface area contributed by atoms with Gasteiger partial charge >= 0.3 is 0 Å². The zero-order chi connectivity index (χ0) is 16.2. The molecule has 1 heterocycles. The quantitative estimate of drug-likeness (QED) is 0.615. The Morgan fingerprint density at radius 1 is 1.29 bits per heavy atom. The van der Waals surface area contributed by atoms with Crippen LogP contribution in [-0.4, -0.2) is 39.6 Å². The molecule has 0 spiro atoms. The van der Waals surface area contributed by atoms with Crippen LogP contribution in [0.3, 0.4) is 0 Å². The number of rotatable bonds is 8. The minimum Gasteiger partial charge on any atom is -0.542 e. The molecular formula is C13H22N2O5S. The largest absolute Gasteiger partial charge is 0.542 e. The molecule has 0 aliphatic carbocycles. The van der Waals surface area contributed by atoms with Crippen LogP contribution in [0.2, 0.25) is 0 Å². The molecule has 0 fully saturated rings. The zero-order valence-electron chi connectivity index (χ0n) is 12.7. The van der Waals surface area contributed by atoms with E-state index in [2.05, 4.69) is 32.4 Å². The summed E-state index contributed by atoms with van der Waals surface area (Å²) in [4.78, 5) is 11.8. The lowest BCUT2D eigenvalue weighted by atomic mass is 10.2. The van der Waals surface area contributed by atoms with Gasteiger partial charge in [0.15, 0.2) is 5.76 Å². The van der Waals surface area contributed by atoms with E-state index in [1.165, 1.54) is 4.90 Å². The first kappa shape index (κ1) is 17.7. The summed E-state index contributed by atoms with van der Waals surface area (Å²) in [7, 11) is -3.84. The molecule has 1 rings (SSSR count). The number of furan rings is 1. The number of nitrogens with one attached hydrogen (secondary N) is 2. The molecule has 1 aromatic heterocycles. The molecule has 8 heteroatoms. The number of carboxylic acids is 1. The number of sulfonamides is 1. The van der Waals surface area contributed by atoms with Gasteiger partial charge in [-0.05, 0) is 39.8 Å². The van der Waals surface area contributed by atoms with Gasteiger partial charge in [-0.2, -0.15) is 0 Å². The van der Waals surface area contributed by atoms with Gasteiger partial charge < -0.3 is 19.2 Å². The number of carbonyl (C=O) groups is 1. The van der Waals surface area contributed by atoms with Crippen molar-refractivity contribution >= 4 is 16.0 Å². The highest BCUT2D eigenvalue weighted by Gasteiger charge is 2.21. The van der Waals surface area contributed by atoms with E-state index in [9.17, 15) is 18.3 Å². The molecule has 1 aromatic rings. The zero-order valence-corrected chi connectivity index (χ0v) is 13.5. The van der Waals surface area contributed by atoms with Crippen molar-refractivity contribution in [2.24, 2.45) is 0 Å². The normalized spacial score (nSPS) is 12.5. The van der Waals surface area contributed by atoms with Crippen molar-refractivity contribution in [2.75, 3.05) is 13.1 Å². The predicted octanol–water partition coefficient (Wildman–Crippen LogP) is -1.38. The van der Waals surface area contributed by atoms with Gasteiger partial charge in [0, 0.05) is 0 Å². The van der Waals surface area contributed by atoms with Crippen LogP contribution in [0.25, 0.3) is 0 Å². The van der Waals surface area contributed by atoms with Gasteiger partial charge in [0.2, 0.25) is 5.09 Å². The van der Waals surface area contributed by atoms with Crippen molar-refractivity contribution in [2.45, 2.75) is 44.9 Å². The number of aromatic carboxylic acids is 1. The van der Waals surface area contributed by atoms with Gasteiger partial charge in [0.25, 0.3) is 10.0 Å². The smallest absolute Gasteiger partial charge is 0.274 e. The molecule has 0 saturated carbocycles. The molecule has 0 bridgehead atoms. The third-order valence-electron chi connectivity index (χ3n) is 3.24. The van der Waals surface area contributed by atoms with Crippen molar-refractivity contribution < 1.29 is 27.6 Å². The second kappa shape index (κ2) is 7.06. The van der Waals surface area contributed by atoms with Gasteiger partial charge in [-0.1, -0.05) is 0 Å². The van der Waals surface area contributed by atoms with Crippen LogP contribution < -0.4 is 14.7 Å². The first-order valence-electron chi connectivity index (χ1n) is 6.81. The highest BCUT2D eigenvalue weighted by molar-refractivity contribution is 7.89. The Hall–Kier alpha value is -1.38. The number of carboxylic acid groups (broad SMARTS) is 1. The van der Waals surface area contributed by atoms with E-state index in [-0.39, 0.29) is 6.54 Å². The van der Waals surface area contributed by atoms with Gasteiger partial charge in [-0.25, -0.2) is 13.1 Å². The SMILES string of the molecule is CC(C)[NH+](CCNS(=O)(=O)c1ccc(C(=O)[O-])o1)C(C)C. The van der Waals surface area contributed by atoms with E-state index in [0.717, 1.165) is 12.1 Å². The Kier molecular flexibility index (Phi) is 5.94. The number of quaternary nitrogens is 1. The van der Waals surface area contributed by atoms with Crippen molar-refractivity contribution in [1.29, 1.82) is 0 Å². The van der Waals surface area contributed by atoms with Gasteiger partial charge in [-0.15, -0.1) is 0 Å². The minimum absolute atomic E-state index is 0.245. The summed E-state index contributed by atoms with van der Waals surface area (Å²) < 4.78 is 31.1. The molecule has 21 heavy (non-hydrogen) atoms. The van der Waals surface area contributed by atoms with Gasteiger partial charge in [0.05, 0.1) is 25.2 Å². The fourth-order valence-electron chi connectivity index (χ4n) is 2.22. The molecule has 0 atom stereocenters. The van der Waals surface area contributed by atoms with Crippen LogP contribution in [0.1, 0.15) is 38.2 Å². The number of hydrogen-bond donors (Lipinski definition) is 2. The lowest BCUT2D eigenvalue weighted by Crippen LogP contribution is -3.18. The summed E-state index contributed by atoms with van der Waals surface area (Å²) in [6, 6.07) is 2.91. The maximum atomic E-state index is 12.0. The van der Waals surface area contributed by atoms with E-state index >= 15 is 0 Å². The lowest BCUT2D eigenvalue weighted by molar-refractivity contribution is -0.941. The summed E-state index contributed by atoms with van der Waals surface area (Å²) in [5.74, 6) is -2.06. The summed E-state index contributed by atoms with van der Waals surface area (Å²) in [6.45, 7) is 9.16. The van der Waals surface area contributed by atoms with Crippen molar-refractivity contribution in [3.8, 4) is 0 Å². The van der Waals surface area contributed by atoms with Crippen LogP contribution in [0.15, 0.2) is 21.6 Å². The average Bonchev–Trinajstić information content (AvgIpc) is 2.83. The number of hydrogen-bond acceptors (Lipinski definition) is 5. The molecule has 2 N–H and O–H groups in total. The highest BCUT2D eigenvalue weighted by atomic mass is 32.2. The van der Waals surface area contributed by atoms with Crippen molar-refractivity contribution in [3.05, 3.63) is 17.9 Å². The second-order valence-corrected chi connectivity index (χ2v) is 7.14. The highest BCUT2D eigenvalue weighted by Crippen LogP contribution is 2.12. The fourth-order valence-corrected chi connectivity index (χ4v) is 3.18. The molecule has 7 nitrogen and oxygen atoms in total. The number of carbonyl (C=O) groups excluding carboxylic acids is 1. The predicted molar refractivity (Wildman–Crippen MR) is 74.3 cm³/mol. The fraction of sp³-hybridized carbons (Fsp3) is 0.615. The molecule has 0 aliphatic heterocycles. The average molecular weight is 318 g/mol. The Balaban J connectivity index is 2.66. The van der Waals surface area contributed by atoms with Crippen LogP contribution >= 0.6 is 0 Å². The molecule has 120 valence electrons. The monoisotopic (exact) mass is 318 g/mol. The van der Waals surface area contributed by atoms with E-state index in [1.54, 1.807) is 0 Å². The standard InChI is InChI=1S/C13H22N2O5S/c1-9(2)15(10(3)4)8-7-14-21(18,19)12-6-5-11(20-12)13(16)17/h5-6,9-10,14H,7-8H2,1-4H3,(H,16,17). The molecule has 0 unspecified atom stereocenters. The topological polar surface area (TPSA) is 104 Å². The molecular weight excluding hydrogens is 296 g/mol. The van der Waals surface area contributed by atoms with Crippen molar-refractivity contribution in [1.82, 2.24) is 4.72 Å². The first-order valence-corrected chi connectivity index (χ1v) is 8.30. The Morgan fingerprint density at radius 3 is 2.29 bits per heavy atom. The van der Waals surface area contributed by atoms with Crippen LogP contribution in [0, 0.1) is 0 Å². The summed E-state index contributed by atoms with van der Waals surface area (Å²) in [6.07, 6.45) is 0. The molecule has 0 aromatic carbocycles. The van der Waals surface area contributed by atoms with E-state index < -0.39 is 26.8 Å². The molecule has 0 aliphatic rings. The Bertz CT molecular complexity index is 569. The summed E-state index contributed by atoms with van der Waals surface area (Å²) >= 11 is 0. The molecule has 0 saturated heterocycles. The lowest BCUT2D eigenvalue weighted by Gasteiger charge is -2.27. The van der Waals surface area contributed by atoms with E-state index in [0.29, 0.717) is 18.6 Å². The van der Waals surface area contributed by atoms with Gasteiger partial charge in [0.1, 0.15) is 5.97 Å². The molecule has 0 amide bonds. The van der Waals surface area contributed by atoms with E-state index in [4.69, 9.17) is 4.42 Å². The Labute approximate surface area is 125 Å². The summed E-state index contributed by atoms with van der Waals surface area (Å²) in [5, 5.41) is 10.2. The van der Waals surface area contributed by atoms with Crippen molar-refractivity contribution in [3.63, 3.8) is 0 Å². The van der Waals surface area contributed by atoms with Crippen LogP contribution in [-0.2, 0) is 10.0 Å². The Morgan fingerprint density at radius 2 is 1.86 bits per heavy atom. The van der Waals surface area contributed by atoms with Gasteiger partial charge in [-0.3, -0.25) is 0 Å². The van der Waals surface area contributed by atoms with Crippen LogP contribution in [0.4, 0.5) is 0 Å². The minimum atomic E-state index is -3.84. The maximum absolute atomic E-state index is 12.0. The van der Waals surface area contributed by atoms with Crippen LogP contribution in [0.5, 0.6) is 0 Å². The van der Waals surface area contributed by atoms with E-state index in [1.807, 2.05) is 0 Å². The summed E-state index contributed by atoms with van der Waals surface area (Å²) in [5.41, 5.74) is 0. The second-order valence-electron chi connectivity index (χ2n) is 5.44. The molecule has 0 radical (unpaired) electrons.